The molecule has 6 nitrogen and oxygen atoms in total. The largest absolute Gasteiger partial charge is 0.451 e. The molecule has 0 unspecified atom stereocenters. The van der Waals surface area contributed by atoms with E-state index in [4.69, 9.17) is 4.98 Å². The molecule has 9 heteroatoms. The average molecular weight is 435 g/mol. The van der Waals surface area contributed by atoms with Gasteiger partial charge in [0.2, 0.25) is 11.7 Å². The number of amides is 1. The molecule has 2 aromatic heterocycles. The van der Waals surface area contributed by atoms with Gasteiger partial charge in [-0.25, -0.2) is 15.0 Å². The molecule has 0 aliphatic carbocycles. The molecule has 0 bridgehead atoms. The number of carbonyl (C=O) groups is 1. The molecule has 1 amide bonds. The second-order valence-electron chi connectivity index (χ2n) is 9.04. The van der Waals surface area contributed by atoms with Crippen molar-refractivity contribution in [3.63, 3.8) is 0 Å². The van der Waals surface area contributed by atoms with Gasteiger partial charge >= 0.3 is 6.18 Å². The SMILES string of the molecule is CCc1cc2c(nc1NC(=O)CC(C)(C)C)CCCN2Cc1cnc(C(F)(F)F)nc1. The highest BCUT2D eigenvalue weighted by Crippen LogP contribution is 2.32. The summed E-state index contributed by atoms with van der Waals surface area (Å²) >= 11 is 0. The van der Waals surface area contributed by atoms with Crippen molar-refractivity contribution in [3.05, 3.63) is 41.1 Å². The summed E-state index contributed by atoms with van der Waals surface area (Å²) in [4.78, 5) is 26.1. The Labute approximate surface area is 180 Å². The molecular weight excluding hydrogens is 407 g/mol. The van der Waals surface area contributed by atoms with Gasteiger partial charge in [-0.05, 0) is 36.3 Å². The second kappa shape index (κ2) is 8.80. The van der Waals surface area contributed by atoms with E-state index in [1.54, 1.807) is 0 Å². The van der Waals surface area contributed by atoms with E-state index in [-0.39, 0.29) is 11.3 Å². The molecule has 0 saturated heterocycles. The Kier molecular flexibility index (Phi) is 6.52. The van der Waals surface area contributed by atoms with Gasteiger partial charge in [0.05, 0.1) is 11.4 Å². The Bertz CT molecular complexity index is 936. The standard InChI is InChI=1S/C22H28F3N5O/c1-5-15-9-17-16(28-19(15)29-18(31)10-21(2,3)4)7-6-8-30(17)13-14-11-26-20(27-12-14)22(23,24)25/h9,11-12H,5-8,10,13H2,1-4H3,(H,28,29,31). The molecule has 0 atom stereocenters. The summed E-state index contributed by atoms with van der Waals surface area (Å²) < 4.78 is 38.1. The van der Waals surface area contributed by atoms with Gasteiger partial charge in [0.15, 0.2) is 0 Å². The van der Waals surface area contributed by atoms with E-state index in [1.165, 1.54) is 12.4 Å². The first-order valence-corrected chi connectivity index (χ1v) is 10.4. The van der Waals surface area contributed by atoms with Crippen LogP contribution in [0.2, 0.25) is 0 Å². The van der Waals surface area contributed by atoms with E-state index < -0.39 is 12.0 Å². The average Bonchev–Trinajstić information content (AvgIpc) is 2.66. The number of aryl methyl sites for hydroxylation is 2. The van der Waals surface area contributed by atoms with Crippen LogP contribution in [-0.2, 0) is 30.4 Å². The fourth-order valence-electron chi connectivity index (χ4n) is 3.60. The molecule has 0 radical (unpaired) electrons. The number of nitrogens with one attached hydrogen (secondary N) is 1. The maximum atomic E-state index is 12.7. The Hall–Kier alpha value is -2.71. The smallest absolute Gasteiger partial charge is 0.366 e. The van der Waals surface area contributed by atoms with Crippen molar-refractivity contribution in [2.24, 2.45) is 5.41 Å². The summed E-state index contributed by atoms with van der Waals surface area (Å²) in [5.41, 5.74) is 3.22. The van der Waals surface area contributed by atoms with Crippen LogP contribution in [0.4, 0.5) is 24.7 Å². The number of hydrogen-bond donors (Lipinski definition) is 1. The predicted octanol–water partition coefficient (Wildman–Crippen LogP) is 4.78. The lowest BCUT2D eigenvalue weighted by atomic mass is 9.92. The normalized spacial score (nSPS) is 14.4. The van der Waals surface area contributed by atoms with Crippen molar-refractivity contribution in [3.8, 4) is 0 Å². The van der Waals surface area contributed by atoms with Crippen LogP contribution in [0.15, 0.2) is 18.5 Å². The molecule has 2 aromatic rings. The van der Waals surface area contributed by atoms with E-state index in [0.29, 0.717) is 30.8 Å². The highest BCUT2D eigenvalue weighted by atomic mass is 19.4. The lowest BCUT2D eigenvalue weighted by Gasteiger charge is -2.31. The minimum absolute atomic E-state index is 0.0655. The Morgan fingerprint density at radius 3 is 2.45 bits per heavy atom. The van der Waals surface area contributed by atoms with Gasteiger partial charge in [-0.2, -0.15) is 13.2 Å². The third-order valence-corrected chi connectivity index (χ3v) is 5.00. The lowest BCUT2D eigenvalue weighted by Crippen LogP contribution is -2.30. The topological polar surface area (TPSA) is 71.0 Å². The van der Waals surface area contributed by atoms with Crippen molar-refractivity contribution in [2.75, 3.05) is 16.8 Å². The Morgan fingerprint density at radius 1 is 1.19 bits per heavy atom. The predicted molar refractivity (Wildman–Crippen MR) is 113 cm³/mol. The number of halogens is 3. The van der Waals surface area contributed by atoms with E-state index in [0.717, 1.165) is 36.3 Å². The molecule has 31 heavy (non-hydrogen) atoms. The Balaban J connectivity index is 1.82. The third-order valence-electron chi connectivity index (χ3n) is 5.00. The molecule has 0 fully saturated rings. The van der Waals surface area contributed by atoms with Crippen LogP contribution in [0.5, 0.6) is 0 Å². The van der Waals surface area contributed by atoms with Crippen molar-refractivity contribution < 1.29 is 18.0 Å². The molecule has 0 spiro atoms. The third kappa shape index (κ3) is 5.92. The number of pyridine rings is 1. The summed E-state index contributed by atoms with van der Waals surface area (Å²) in [7, 11) is 0. The van der Waals surface area contributed by atoms with Gasteiger partial charge in [-0.3, -0.25) is 4.79 Å². The van der Waals surface area contributed by atoms with Crippen LogP contribution in [0, 0.1) is 5.41 Å². The van der Waals surface area contributed by atoms with Crippen LogP contribution in [0.1, 0.15) is 63.2 Å². The molecule has 1 aliphatic rings. The number of aromatic nitrogens is 3. The second-order valence-corrected chi connectivity index (χ2v) is 9.04. The van der Waals surface area contributed by atoms with Crippen molar-refractivity contribution >= 4 is 17.4 Å². The number of carbonyl (C=O) groups excluding carboxylic acids is 1. The van der Waals surface area contributed by atoms with E-state index in [1.807, 2.05) is 33.8 Å². The Morgan fingerprint density at radius 2 is 1.87 bits per heavy atom. The van der Waals surface area contributed by atoms with E-state index in [9.17, 15) is 18.0 Å². The fraction of sp³-hybridized carbons (Fsp3) is 0.545. The van der Waals surface area contributed by atoms with Crippen LogP contribution in [0.25, 0.3) is 0 Å². The van der Waals surface area contributed by atoms with E-state index in [2.05, 4.69) is 20.2 Å². The van der Waals surface area contributed by atoms with Crippen LogP contribution >= 0.6 is 0 Å². The van der Waals surface area contributed by atoms with E-state index >= 15 is 0 Å². The fourth-order valence-corrected chi connectivity index (χ4v) is 3.60. The molecule has 0 saturated carbocycles. The maximum absolute atomic E-state index is 12.7. The number of rotatable bonds is 5. The molecular formula is C22H28F3N5O. The molecule has 3 rings (SSSR count). The highest BCUT2D eigenvalue weighted by molar-refractivity contribution is 5.91. The van der Waals surface area contributed by atoms with Gasteiger partial charge < -0.3 is 10.2 Å². The van der Waals surface area contributed by atoms with Gasteiger partial charge in [0, 0.05) is 37.5 Å². The number of hydrogen-bond acceptors (Lipinski definition) is 5. The summed E-state index contributed by atoms with van der Waals surface area (Å²) in [6, 6.07) is 2.03. The monoisotopic (exact) mass is 435 g/mol. The van der Waals surface area contributed by atoms with Gasteiger partial charge in [-0.15, -0.1) is 0 Å². The molecule has 168 valence electrons. The minimum atomic E-state index is -4.55. The maximum Gasteiger partial charge on any atom is 0.451 e. The zero-order valence-electron chi connectivity index (χ0n) is 18.3. The quantitative estimate of drug-likeness (QED) is 0.732. The van der Waals surface area contributed by atoms with Crippen LogP contribution in [0.3, 0.4) is 0 Å². The molecule has 3 heterocycles. The first-order chi connectivity index (χ1) is 14.5. The van der Waals surface area contributed by atoms with Crippen molar-refractivity contribution in [1.82, 2.24) is 15.0 Å². The van der Waals surface area contributed by atoms with Gasteiger partial charge in [0.1, 0.15) is 5.82 Å². The first kappa shape index (κ1) is 23.0. The molecule has 1 aliphatic heterocycles. The minimum Gasteiger partial charge on any atom is -0.366 e. The zero-order valence-corrected chi connectivity index (χ0v) is 18.3. The van der Waals surface area contributed by atoms with Gasteiger partial charge in [-0.1, -0.05) is 27.7 Å². The number of anilines is 2. The van der Waals surface area contributed by atoms with Crippen LogP contribution in [-0.4, -0.2) is 27.4 Å². The summed E-state index contributed by atoms with van der Waals surface area (Å²) in [6.45, 7) is 9.18. The molecule has 1 N–H and O–H groups in total. The number of nitrogens with zero attached hydrogens (tertiary/aromatic N) is 4. The molecule has 0 aromatic carbocycles. The summed E-state index contributed by atoms with van der Waals surface area (Å²) in [5, 5.41) is 2.96. The number of fused-ring (bicyclic) bond motifs is 1. The number of alkyl halides is 3. The summed E-state index contributed by atoms with van der Waals surface area (Å²) in [5.74, 6) is -0.611. The zero-order chi connectivity index (χ0) is 22.8. The van der Waals surface area contributed by atoms with Crippen molar-refractivity contribution in [2.45, 2.75) is 66.1 Å². The lowest BCUT2D eigenvalue weighted by molar-refractivity contribution is -0.145. The van der Waals surface area contributed by atoms with Gasteiger partial charge in [0.25, 0.3) is 0 Å². The van der Waals surface area contributed by atoms with Crippen LogP contribution < -0.4 is 10.2 Å². The summed E-state index contributed by atoms with van der Waals surface area (Å²) in [6.07, 6.45) is 0.629. The van der Waals surface area contributed by atoms with Crippen molar-refractivity contribution in [1.29, 1.82) is 0 Å². The first-order valence-electron chi connectivity index (χ1n) is 10.4. The highest BCUT2D eigenvalue weighted by Gasteiger charge is 2.34.